The van der Waals surface area contributed by atoms with Crippen LogP contribution in [0.5, 0.6) is 0 Å². The molecule has 0 spiro atoms. The lowest BCUT2D eigenvalue weighted by molar-refractivity contribution is -0.113. The second kappa shape index (κ2) is 9.76. The van der Waals surface area contributed by atoms with Crippen molar-refractivity contribution >= 4 is 45.5 Å². The standard InChI is InChI=1S/C22H23N5OS3/c1-4-9-27-20(18-6-5-10-29-18)25-26-22(27)31-13-19(28)24-21-23-17(12-30-21)16-8-7-14(2)15(3)11-16/h5-8,10-12H,4,9,13H2,1-3H3,(H,23,24,28). The quantitative estimate of drug-likeness (QED) is 0.326. The van der Waals surface area contributed by atoms with Crippen LogP contribution in [0.25, 0.3) is 22.0 Å². The van der Waals surface area contributed by atoms with Crippen LogP contribution in [-0.2, 0) is 11.3 Å². The van der Waals surface area contributed by atoms with Crippen molar-refractivity contribution in [3.8, 4) is 22.0 Å². The highest BCUT2D eigenvalue weighted by atomic mass is 32.2. The van der Waals surface area contributed by atoms with Crippen molar-refractivity contribution in [1.29, 1.82) is 0 Å². The van der Waals surface area contributed by atoms with Crippen molar-refractivity contribution in [1.82, 2.24) is 19.7 Å². The lowest BCUT2D eigenvalue weighted by atomic mass is 10.1. The molecule has 1 N–H and O–H groups in total. The summed E-state index contributed by atoms with van der Waals surface area (Å²) in [5.41, 5.74) is 4.41. The first-order valence-corrected chi connectivity index (χ1v) is 12.7. The Balaban J connectivity index is 1.40. The minimum absolute atomic E-state index is 0.102. The van der Waals surface area contributed by atoms with Gasteiger partial charge >= 0.3 is 0 Å². The Bertz CT molecular complexity index is 1180. The first-order valence-electron chi connectivity index (χ1n) is 9.98. The molecule has 0 atom stereocenters. The topological polar surface area (TPSA) is 72.7 Å². The second-order valence-electron chi connectivity index (χ2n) is 7.11. The van der Waals surface area contributed by atoms with Crippen molar-refractivity contribution in [2.75, 3.05) is 11.1 Å². The number of benzene rings is 1. The van der Waals surface area contributed by atoms with Crippen LogP contribution < -0.4 is 5.32 Å². The van der Waals surface area contributed by atoms with Gasteiger partial charge in [-0.15, -0.1) is 32.9 Å². The summed E-state index contributed by atoms with van der Waals surface area (Å²) < 4.78 is 2.09. The fourth-order valence-corrected chi connectivity index (χ4v) is 5.28. The molecule has 0 aliphatic carbocycles. The number of thioether (sulfide) groups is 1. The molecule has 3 aromatic heterocycles. The van der Waals surface area contributed by atoms with E-state index >= 15 is 0 Å². The molecule has 0 saturated heterocycles. The van der Waals surface area contributed by atoms with Gasteiger partial charge in [0.25, 0.3) is 0 Å². The van der Waals surface area contributed by atoms with E-state index in [9.17, 15) is 4.79 Å². The molecule has 0 aliphatic rings. The van der Waals surface area contributed by atoms with Gasteiger partial charge in [0.1, 0.15) is 0 Å². The average Bonchev–Trinajstić information content (AvgIpc) is 3.50. The zero-order valence-corrected chi connectivity index (χ0v) is 20.0. The molecule has 0 bridgehead atoms. The van der Waals surface area contributed by atoms with Crippen LogP contribution in [-0.4, -0.2) is 31.4 Å². The zero-order valence-electron chi connectivity index (χ0n) is 17.6. The maximum Gasteiger partial charge on any atom is 0.236 e. The van der Waals surface area contributed by atoms with Crippen LogP contribution in [0.3, 0.4) is 0 Å². The molecule has 0 radical (unpaired) electrons. The molecule has 1 amide bonds. The van der Waals surface area contributed by atoms with E-state index in [1.165, 1.54) is 34.2 Å². The van der Waals surface area contributed by atoms with E-state index in [0.717, 1.165) is 40.1 Å². The van der Waals surface area contributed by atoms with Gasteiger partial charge in [-0.3, -0.25) is 4.79 Å². The summed E-state index contributed by atoms with van der Waals surface area (Å²) in [5, 5.41) is 16.9. The number of hydrogen-bond donors (Lipinski definition) is 1. The number of aryl methyl sites for hydroxylation is 2. The third kappa shape index (κ3) is 5.06. The largest absolute Gasteiger partial charge is 0.301 e. The molecule has 31 heavy (non-hydrogen) atoms. The van der Waals surface area contributed by atoms with Gasteiger partial charge in [0.05, 0.1) is 16.3 Å². The van der Waals surface area contributed by atoms with Gasteiger partial charge in [0.15, 0.2) is 16.1 Å². The van der Waals surface area contributed by atoms with Crippen molar-refractivity contribution in [3.05, 3.63) is 52.2 Å². The summed E-state index contributed by atoms with van der Waals surface area (Å²) in [7, 11) is 0. The van der Waals surface area contributed by atoms with Crippen molar-refractivity contribution in [2.45, 2.75) is 38.9 Å². The van der Waals surface area contributed by atoms with Gasteiger partial charge in [-0.25, -0.2) is 4.98 Å². The number of anilines is 1. The first-order chi connectivity index (χ1) is 15.0. The summed E-state index contributed by atoms with van der Waals surface area (Å²) in [5.74, 6) is 1.01. The molecule has 0 aliphatic heterocycles. The molecule has 0 unspecified atom stereocenters. The third-order valence-electron chi connectivity index (χ3n) is 4.79. The van der Waals surface area contributed by atoms with E-state index in [1.54, 1.807) is 11.3 Å². The Kier molecular flexibility index (Phi) is 6.84. The molecule has 6 nitrogen and oxygen atoms in total. The lowest BCUT2D eigenvalue weighted by Crippen LogP contribution is -2.14. The van der Waals surface area contributed by atoms with E-state index in [1.807, 2.05) is 22.9 Å². The van der Waals surface area contributed by atoms with Crippen molar-refractivity contribution in [2.24, 2.45) is 0 Å². The van der Waals surface area contributed by atoms with E-state index in [0.29, 0.717) is 5.13 Å². The summed E-state index contributed by atoms with van der Waals surface area (Å²) in [6, 6.07) is 10.3. The summed E-state index contributed by atoms with van der Waals surface area (Å²) in [4.78, 5) is 18.2. The number of carbonyl (C=O) groups excluding carboxylic acids is 1. The number of hydrogen-bond acceptors (Lipinski definition) is 7. The first kappa shape index (κ1) is 21.7. The van der Waals surface area contributed by atoms with E-state index < -0.39 is 0 Å². The Morgan fingerprint density at radius 3 is 2.77 bits per heavy atom. The predicted molar refractivity (Wildman–Crippen MR) is 130 cm³/mol. The molecule has 3 heterocycles. The predicted octanol–water partition coefficient (Wildman–Crippen LogP) is 5.89. The summed E-state index contributed by atoms with van der Waals surface area (Å²) in [6.07, 6.45) is 0.969. The SMILES string of the molecule is CCCn1c(SCC(=O)Nc2nc(-c3ccc(C)c(C)c3)cs2)nnc1-c1cccs1. The number of thiazole rings is 1. The van der Waals surface area contributed by atoms with Crippen LogP contribution in [0.4, 0.5) is 5.13 Å². The molecular formula is C22H23N5OS3. The van der Waals surface area contributed by atoms with Gasteiger partial charge < -0.3 is 9.88 Å². The van der Waals surface area contributed by atoms with Crippen molar-refractivity contribution < 1.29 is 4.79 Å². The molecule has 0 saturated carbocycles. The molecule has 4 aromatic rings. The van der Waals surface area contributed by atoms with Gasteiger partial charge in [0, 0.05) is 17.5 Å². The maximum atomic E-state index is 12.5. The lowest BCUT2D eigenvalue weighted by Gasteiger charge is -2.07. The molecule has 160 valence electrons. The number of amides is 1. The average molecular weight is 470 g/mol. The normalized spacial score (nSPS) is 11.1. The van der Waals surface area contributed by atoms with Crippen LogP contribution in [0.1, 0.15) is 24.5 Å². The van der Waals surface area contributed by atoms with Gasteiger partial charge in [0.2, 0.25) is 5.91 Å². The molecular weight excluding hydrogens is 446 g/mol. The van der Waals surface area contributed by atoms with Crippen LogP contribution in [0.2, 0.25) is 0 Å². The van der Waals surface area contributed by atoms with Crippen LogP contribution in [0, 0.1) is 13.8 Å². The highest BCUT2D eigenvalue weighted by molar-refractivity contribution is 7.99. The minimum Gasteiger partial charge on any atom is -0.301 e. The monoisotopic (exact) mass is 469 g/mol. The van der Waals surface area contributed by atoms with Crippen molar-refractivity contribution in [3.63, 3.8) is 0 Å². The number of nitrogens with one attached hydrogen (secondary N) is 1. The highest BCUT2D eigenvalue weighted by Gasteiger charge is 2.16. The summed E-state index contributed by atoms with van der Waals surface area (Å²) in [6.45, 7) is 7.12. The Morgan fingerprint density at radius 2 is 2.03 bits per heavy atom. The van der Waals surface area contributed by atoms with Crippen LogP contribution in [0.15, 0.2) is 46.2 Å². The number of aromatic nitrogens is 4. The van der Waals surface area contributed by atoms with E-state index in [4.69, 9.17) is 0 Å². The fraction of sp³-hybridized carbons (Fsp3) is 0.273. The zero-order chi connectivity index (χ0) is 21.8. The Hall–Kier alpha value is -2.49. The maximum absolute atomic E-state index is 12.5. The molecule has 1 aromatic carbocycles. The molecule has 0 fully saturated rings. The number of rotatable bonds is 8. The molecule has 9 heteroatoms. The highest BCUT2D eigenvalue weighted by Crippen LogP contribution is 2.29. The van der Waals surface area contributed by atoms with E-state index in [2.05, 4.69) is 64.0 Å². The van der Waals surface area contributed by atoms with E-state index in [-0.39, 0.29) is 11.7 Å². The smallest absolute Gasteiger partial charge is 0.236 e. The van der Waals surface area contributed by atoms with Gasteiger partial charge in [-0.05, 0) is 48.9 Å². The third-order valence-corrected chi connectivity index (χ3v) is 7.38. The Labute approximate surface area is 193 Å². The number of carbonyl (C=O) groups is 1. The molecule has 4 rings (SSSR count). The van der Waals surface area contributed by atoms with Gasteiger partial charge in [-0.1, -0.05) is 36.9 Å². The summed E-state index contributed by atoms with van der Waals surface area (Å²) >= 11 is 4.47. The number of nitrogens with zero attached hydrogens (tertiary/aromatic N) is 4. The fourth-order valence-electron chi connectivity index (χ4n) is 3.06. The second-order valence-corrected chi connectivity index (χ2v) is 9.86. The van der Waals surface area contributed by atoms with Crippen LogP contribution >= 0.6 is 34.4 Å². The minimum atomic E-state index is -0.102. The Morgan fingerprint density at radius 1 is 1.16 bits per heavy atom. The van der Waals surface area contributed by atoms with Gasteiger partial charge in [-0.2, -0.15) is 0 Å². The number of thiophene rings is 1.